The minimum absolute atomic E-state index is 0.358. The molecule has 0 radical (unpaired) electrons. The van der Waals surface area contributed by atoms with Crippen molar-refractivity contribution in [2.24, 2.45) is 0 Å². The molecule has 3 rings (SSSR count). The smallest absolute Gasteiger partial charge is 0.154 e. The van der Waals surface area contributed by atoms with E-state index < -0.39 is 0 Å². The minimum Gasteiger partial charge on any atom is -0.359 e. The van der Waals surface area contributed by atoms with Gasteiger partial charge in [0.05, 0.1) is 11.7 Å². The molecule has 0 amide bonds. The van der Waals surface area contributed by atoms with Crippen molar-refractivity contribution >= 4 is 15.9 Å². The molecule has 3 nitrogen and oxygen atoms in total. The Morgan fingerprint density at radius 1 is 1.38 bits per heavy atom. The van der Waals surface area contributed by atoms with E-state index in [0.717, 1.165) is 31.0 Å². The lowest BCUT2D eigenvalue weighted by Crippen LogP contribution is -2.22. The molecule has 0 unspecified atom stereocenters. The van der Waals surface area contributed by atoms with E-state index in [0.29, 0.717) is 12.0 Å². The van der Waals surface area contributed by atoms with E-state index in [-0.39, 0.29) is 0 Å². The van der Waals surface area contributed by atoms with Crippen molar-refractivity contribution in [3.8, 4) is 0 Å². The van der Waals surface area contributed by atoms with Crippen molar-refractivity contribution in [1.29, 1.82) is 0 Å². The largest absolute Gasteiger partial charge is 0.359 e. The Balaban J connectivity index is 1.77. The Morgan fingerprint density at radius 2 is 2.19 bits per heavy atom. The molecule has 1 atom stereocenters. The molecule has 0 bridgehead atoms. The topological polar surface area (TPSA) is 29.3 Å². The van der Waals surface area contributed by atoms with Crippen LogP contribution in [0, 0.1) is 0 Å². The van der Waals surface area contributed by atoms with Crippen LogP contribution >= 0.6 is 15.9 Å². The third-order valence-corrected chi connectivity index (χ3v) is 4.94. The fraction of sp³-hybridized carbons (Fsp3) is 0.471. The van der Waals surface area contributed by atoms with Crippen molar-refractivity contribution in [2.45, 2.75) is 45.2 Å². The van der Waals surface area contributed by atoms with Gasteiger partial charge in [-0.2, -0.15) is 0 Å². The molecule has 112 valence electrons. The SMILES string of the molecule is CC(C)c1cc([C@H]2CCCN2Cc2ccccc2Br)on1. The Hall–Kier alpha value is -1.13. The number of hydrogen-bond acceptors (Lipinski definition) is 3. The second-order valence-electron chi connectivity index (χ2n) is 6.03. The fourth-order valence-electron chi connectivity index (χ4n) is 2.92. The van der Waals surface area contributed by atoms with E-state index in [2.05, 4.69) is 70.2 Å². The van der Waals surface area contributed by atoms with E-state index in [1.165, 1.54) is 16.5 Å². The predicted molar refractivity (Wildman–Crippen MR) is 87.1 cm³/mol. The molecule has 0 saturated carbocycles. The Kier molecular flexibility index (Phi) is 4.45. The van der Waals surface area contributed by atoms with Crippen molar-refractivity contribution in [3.63, 3.8) is 0 Å². The van der Waals surface area contributed by atoms with Crippen LogP contribution in [0.1, 0.15) is 55.7 Å². The third-order valence-electron chi connectivity index (χ3n) is 4.16. The molecule has 2 heterocycles. The van der Waals surface area contributed by atoms with Gasteiger partial charge < -0.3 is 4.52 Å². The average molecular weight is 349 g/mol. The number of likely N-dealkylation sites (tertiary alicyclic amines) is 1. The number of hydrogen-bond donors (Lipinski definition) is 0. The van der Waals surface area contributed by atoms with E-state index in [1.54, 1.807) is 0 Å². The third kappa shape index (κ3) is 3.22. The lowest BCUT2D eigenvalue weighted by Gasteiger charge is -2.22. The van der Waals surface area contributed by atoms with Crippen LogP contribution in [0.4, 0.5) is 0 Å². The summed E-state index contributed by atoms with van der Waals surface area (Å²) in [6.45, 7) is 6.36. The molecule has 1 fully saturated rings. The summed E-state index contributed by atoms with van der Waals surface area (Å²) in [5.74, 6) is 1.43. The molecule has 2 aromatic rings. The molecular weight excluding hydrogens is 328 g/mol. The highest BCUT2D eigenvalue weighted by molar-refractivity contribution is 9.10. The summed E-state index contributed by atoms with van der Waals surface area (Å²) in [4.78, 5) is 2.49. The number of benzene rings is 1. The fourth-order valence-corrected chi connectivity index (χ4v) is 3.33. The summed E-state index contributed by atoms with van der Waals surface area (Å²) in [6.07, 6.45) is 2.37. The summed E-state index contributed by atoms with van der Waals surface area (Å²) in [7, 11) is 0. The van der Waals surface area contributed by atoms with Gasteiger partial charge in [0.15, 0.2) is 5.76 Å². The van der Waals surface area contributed by atoms with Crippen molar-refractivity contribution in [2.75, 3.05) is 6.54 Å². The van der Waals surface area contributed by atoms with E-state index in [9.17, 15) is 0 Å². The molecule has 0 aliphatic carbocycles. The summed E-state index contributed by atoms with van der Waals surface area (Å²) in [5.41, 5.74) is 2.38. The van der Waals surface area contributed by atoms with Crippen LogP contribution in [-0.2, 0) is 6.54 Å². The lowest BCUT2D eigenvalue weighted by atomic mass is 10.1. The Morgan fingerprint density at radius 3 is 2.90 bits per heavy atom. The summed E-state index contributed by atoms with van der Waals surface area (Å²) in [5, 5.41) is 4.21. The van der Waals surface area contributed by atoms with Crippen molar-refractivity contribution in [3.05, 3.63) is 51.8 Å². The molecule has 4 heteroatoms. The van der Waals surface area contributed by atoms with Gasteiger partial charge in [0, 0.05) is 17.1 Å². The van der Waals surface area contributed by atoms with Gasteiger partial charge in [0.2, 0.25) is 0 Å². The first-order valence-electron chi connectivity index (χ1n) is 7.59. The standard InChI is InChI=1S/C17H21BrN2O/c1-12(2)15-10-17(21-19-15)16-8-5-9-20(16)11-13-6-3-4-7-14(13)18/h3-4,6-7,10,12,16H,5,8-9,11H2,1-2H3/t16-/m1/s1. The maximum atomic E-state index is 5.60. The first kappa shape index (κ1) is 14.8. The molecule has 1 saturated heterocycles. The maximum absolute atomic E-state index is 5.60. The van der Waals surface area contributed by atoms with Gasteiger partial charge in [0.1, 0.15) is 0 Å². The van der Waals surface area contributed by atoms with Gasteiger partial charge in [-0.1, -0.05) is 53.1 Å². The first-order valence-corrected chi connectivity index (χ1v) is 8.38. The molecule has 1 aromatic carbocycles. The van der Waals surface area contributed by atoms with Crippen LogP contribution in [0.5, 0.6) is 0 Å². The second-order valence-corrected chi connectivity index (χ2v) is 6.88. The van der Waals surface area contributed by atoms with Crippen LogP contribution in [-0.4, -0.2) is 16.6 Å². The van der Waals surface area contributed by atoms with Gasteiger partial charge >= 0.3 is 0 Å². The lowest BCUT2D eigenvalue weighted by molar-refractivity contribution is 0.206. The zero-order valence-corrected chi connectivity index (χ0v) is 14.1. The number of rotatable bonds is 4. The van der Waals surface area contributed by atoms with Gasteiger partial charge in [-0.25, -0.2) is 0 Å². The van der Waals surface area contributed by atoms with Gasteiger partial charge in [-0.3, -0.25) is 4.90 Å². The van der Waals surface area contributed by atoms with Crippen LogP contribution in [0.3, 0.4) is 0 Å². The van der Waals surface area contributed by atoms with Crippen LogP contribution < -0.4 is 0 Å². The quantitative estimate of drug-likeness (QED) is 0.786. The Bertz CT molecular complexity index is 608. The van der Waals surface area contributed by atoms with Gasteiger partial charge in [-0.05, 0) is 36.9 Å². The maximum Gasteiger partial charge on any atom is 0.154 e. The zero-order valence-electron chi connectivity index (χ0n) is 12.6. The highest BCUT2D eigenvalue weighted by Crippen LogP contribution is 2.35. The normalized spacial score (nSPS) is 19.5. The summed E-state index contributed by atoms with van der Waals surface area (Å²) < 4.78 is 6.78. The number of halogens is 1. The molecule has 0 spiro atoms. The van der Waals surface area contributed by atoms with Crippen LogP contribution in [0.2, 0.25) is 0 Å². The Labute approximate surface area is 134 Å². The first-order chi connectivity index (χ1) is 10.1. The number of aromatic nitrogens is 1. The summed E-state index contributed by atoms with van der Waals surface area (Å²) in [6, 6.07) is 10.9. The van der Waals surface area contributed by atoms with Crippen LogP contribution in [0.15, 0.2) is 39.3 Å². The zero-order chi connectivity index (χ0) is 14.8. The van der Waals surface area contributed by atoms with Crippen LogP contribution in [0.25, 0.3) is 0 Å². The highest BCUT2D eigenvalue weighted by Gasteiger charge is 2.29. The highest BCUT2D eigenvalue weighted by atomic mass is 79.9. The van der Waals surface area contributed by atoms with Crippen molar-refractivity contribution in [1.82, 2.24) is 10.1 Å². The van der Waals surface area contributed by atoms with Gasteiger partial charge in [-0.15, -0.1) is 0 Å². The van der Waals surface area contributed by atoms with E-state index in [4.69, 9.17) is 4.52 Å². The second kappa shape index (κ2) is 6.32. The summed E-state index contributed by atoms with van der Waals surface area (Å²) >= 11 is 3.64. The monoisotopic (exact) mass is 348 g/mol. The minimum atomic E-state index is 0.358. The molecule has 1 aliphatic rings. The molecule has 21 heavy (non-hydrogen) atoms. The van der Waals surface area contributed by atoms with E-state index >= 15 is 0 Å². The average Bonchev–Trinajstić information content (AvgIpc) is 3.09. The molecular formula is C17H21BrN2O. The molecule has 1 aliphatic heterocycles. The van der Waals surface area contributed by atoms with Crippen molar-refractivity contribution < 1.29 is 4.52 Å². The molecule has 0 N–H and O–H groups in total. The van der Waals surface area contributed by atoms with E-state index in [1.807, 2.05) is 0 Å². The van der Waals surface area contributed by atoms with Gasteiger partial charge in [0.25, 0.3) is 0 Å². The number of nitrogens with zero attached hydrogens (tertiary/aromatic N) is 2. The predicted octanol–water partition coefficient (Wildman–Crippen LogP) is 4.90. The molecule has 1 aromatic heterocycles.